The molecule has 0 amide bonds. The van der Waals surface area contributed by atoms with Crippen LogP contribution in [0.3, 0.4) is 0 Å². The van der Waals surface area contributed by atoms with Crippen LogP contribution in [0.4, 0.5) is 0 Å². The van der Waals surface area contributed by atoms with Crippen molar-refractivity contribution >= 4 is 44.9 Å². The smallest absolute Gasteiger partial charge is 0.108 e. The second-order valence-corrected chi connectivity index (χ2v) is 4.39. The van der Waals surface area contributed by atoms with Gasteiger partial charge in [0.05, 0.1) is 16.4 Å². The lowest BCUT2D eigenvalue weighted by Gasteiger charge is -1.95. The SMILES string of the molecule is Cl.NCc1nc2cnc3ccccc3c2s1. The highest BCUT2D eigenvalue weighted by Crippen LogP contribution is 2.28. The van der Waals surface area contributed by atoms with Crippen molar-refractivity contribution in [1.82, 2.24) is 9.97 Å². The first-order chi connectivity index (χ1) is 7.38. The Morgan fingerprint density at radius 2 is 2.00 bits per heavy atom. The molecule has 0 atom stereocenters. The summed E-state index contributed by atoms with van der Waals surface area (Å²) in [6, 6.07) is 8.09. The highest BCUT2D eigenvalue weighted by Gasteiger charge is 2.06. The van der Waals surface area contributed by atoms with Crippen molar-refractivity contribution in [2.75, 3.05) is 0 Å². The number of hydrogen-bond acceptors (Lipinski definition) is 4. The number of thiazole rings is 1. The first kappa shape index (κ1) is 11.3. The topological polar surface area (TPSA) is 51.8 Å². The van der Waals surface area contributed by atoms with Crippen molar-refractivity contribution in [3.63, 3.8) is 0 Å². The lowest BCUT2D eigenvalue weighted by molar-refractivity contribution is 1.05. The molecule has 2 N–H and O–H groups in total. The monoisotopic (exact) mass is 251 g/mol. The van der Waals surface area contributed by atoms with Gasteiger partial charge in [0.25, 0.3) is 0 Å². The Bertz CT molecular complexity index is 635. The first-order valence-corrected chi connectivity index (χ1v) is 5.53. The molecule has 0 aliphatic heterocycles. The summed E-state index contributed by atoms with van der Waals surface area (Å²) in [4.78, 5) is 8.77. The third kappa shape index (κ3) is 1.65. The van der Waals surface area contributed by atoms with Crippen LogP contribution < -0.4 is 5.73 Å². The highest BCUT2D eigenvalue weighted by molar-refractivity contribution is 7.19. The van der Waals surface area contributed by atoms with E-state index in [1.807, 2.05) is 24.4 Å². The third-order valence-corrected chi connectivity index (χ3v) is 3.47. The third-order valence-electron chi connectivity index (χ3n) is 2.35. The number of nitrogens with two attached hydrogens (primary N) is 1. The summed E-state index contributed by atoms with van der Waals surface area (Å²) >= 11 is 1.65. The molecule has 0 radical (unpaired) electrons. The Labute approximate surface area is 103 Å². The average Bonchev–Trinajstić information content (AvgIpc) is 2.72. The summed E-state index contributed by atoms with van der Waals surface area (Å²) in [5.74, 6) is 0. The second kappa shape index (κ2) is 4.33. The Hall–Kier alpha value is -1.23. The molecule has 5 heteroatoms. The van der Waals surface area contributed by atoms with E-state index >= 15 is 0 Å². The second-order valence-electron chi connectivity index (χ2n) is 3.30. The van der Waals surface area contributed by atoms with Gasteiger partial charge in [-0.05, 0) is 6.07 Å². The molecule has 16 heavy (non-hydrogen) atoms. The average molecular weight is 252 g/mol. The van der Waals surface area contributed by atoms with Gasteiger partial charge < -0.3 is 5.73 Å². The Morgan fingerprint density at radius 1 is 1.19 bits per heavy atom. The molecule has 0 saturated heterocycles. The quantitative estimate of drug-likeness (QED) is 0.724. The van der Waals surface area contributed by atoms with Crippen LogP contribution in [0.15, 0.2) is 30.5 Å². The molecule has 3 rings (SSSR count). The predicted octanol–water partition coefficient (Wildman–Crippen LogP) is 2.73. The number of hydrogen-bond donors (Lipinski definition) is 1. The van der Waals surface area contributed by atoms with Crippen LogP contribution in [0.5, 0.6) is 0 Å². The standard InChI is InChI=1S/C11H9N3S.ClH/c12-5-10-14-9-6-13-8-4-2-1-3-7(8)11(9)15-10;/h1-4,6H,5,12H2;1H. The number of para-hydroxylation sites is 1. The minimum absolute atomic E-state index is 0. The lowest BCUT2D eigenvalue weighted by atomic mass is 10.2. The van der Waals surface area contributed by atoms with Crippen molar-refractivity contribution in [3.8, 4) is 0 Å². The van der Waals surface area contributed by atoms with E-state index in [9.17, 15) is 0 Å². The van der Waals surface area contributed by atoms with Gasteiger partial charge in [-0.15, -0.1) is 23.7 Å². The fraction of sp³-hybridized carbons (Fsp3) is 0.0909. The maximum Gasteiger partial charge on any atom is 0.108 e. The molecule has 1 aromatic carbocycles. The number of aromatic nitrogens is 2. The number of rotatable bonds is 1. The molecule has 2 aromatic heterocycles. The summed E-state index contributed by atoms with van der Waals surface area (Å²) < 4.78 is 1.18. The summed E-state index contributed by atoms with van der Waals surface area (Å²) in [5, 5.41) is 2.12. The molecule has 0 saturated carbocycles. The predicted molar refractivity (Wildman–Crippen MR) is 70.1 cm³/mol. The zero-order valence-corrected chi connectivity index (χ0v) is 10.0. The fourth-order valence-corrected chi connectivity index (χ4v) is 2.60. The van der Waals surface area contributed by atoms with Gasteiger partial charge in [0.15, 0.2) is 0 Å². The van der Waals surface area contributed by atoms with Gasteiger partial charge in [-0.1, -0.05) is 18.2 Å². The van der Waals surface area contributed by atoms with Crippen LogP contribution in [0, 0.1) is 0 Å². The van der Waals surface area contributed by atoms with E-state index in [1.54, 1.807) is 11.3 Å². The van der Waals surface area contributed by atoms with Crippen LogP contribution in [-0.2, 0) is 6.54 Å². The molecule has 0 bridgehead atoms. The summed E-state index contributed by atoms with van der Waals surface area (Å²) in [5.41, 5.74) is 7.54. The van der Waals surface area contributed by atoms with E-state index in [0.717, 1.165) is 21.4 Å². The fourth-order valence-electron chi connectivity index (χ4n) is 1.65. The number of nitrogens with zero attached hydrogens (tertiary/aromatic N) is 2. The molecule has 0 fully saturated rings. The molecule has 0 aliphatic rings. The van der Waals surface area contributed by atoms with E-state index in [2.05, 4.69) is 16.0 Å². The van der Waals surface area contributed by atoms with Gasteiger partial charge >= 0.3 is 0 Å². The minimum atomic E-state index is 0. The van der Waals surface area contributed by atoms with Crippen LogP contribution in [0.1, 0.15) is 5.01 Å². The maximum atomic E-state index is 5.59. The number of benzene rings is 1. The lowest BCUT2D eigenvalue weighted by Crippen LogP contribution is -1.93. The van der Waals surface area contributed by atoms with Crippen LogP contribution in [-0.4, -0.2) is 9.97 Å². The van der Waals surface area contributed by atoms with Gasteiger partial charge in [0.2, 0.25) is 0 Å². The van der Waals surface area contributed by atoms with E-state index in [4.69, 9.17) is 5.73 Å². The van der Waals surface area contributed by atoms with Crippen LogP contribution in [0.25, 0.3) is 21.1 Å². The van der Waals surface area contributed by atoms with Crippen molar-refractivity contribution in [2.45, 2.75) is 6.54 Å². The number of halogens is 1. The van der Waals surface area contributed by atoms with E-state index in [-0.39, 0.29) is 12.4 Å². The molecule has 2 heterocycles. The van der Waals surface area contributed by atoms with Gasteiger partial charge in [0, 0.05) is 11.9 Å². The zero-order valence-electron chi connectivity index (χ0n) is 8.38. The van der Waals surface area contributed by atoms with Gasteiger partial charge in [0.1, 0.15) is 10.5 Å². The molecule has 0 spiro atoms. The van der Waals surface area contributed by atoms with Gasteiger partial charge in [-0.25, -0.2) is 4.98 Å². The normalized spacial score (nSPS) is 10.6. The van der Waals surface area contributed by atoms with Crippen molar-refractivity contribution < 1.29 is 0 Å². The molecular formula is C11H10ClN3S. The van der Waals surface area contributed by atoms with Crippen LogP contribution in [0.2, 0.25) is 0 Å². The zero-order chi connectivity index (χ0) is 10.3. The highest BCUT2D eigenvalue weighted by atomic mass is 35.5. The van der Waals surface area contributed by atoms with Gasteiger partial charge in [-0.3, -0.25) is 4.98 Å². The van der Waals surface area contributed by atoms with Crippen molar-refractivity contribution in [1.29, 1.82) is 0 Å². The summed E-state index contributed by atoms with van der Waals surface area (Å²) in [7, 11) is 0. The number of fused-ring (bicyclic) bond motifs is 3. The van der Waals surface area contributed by atoms with Crippen molar-refractivity contribution in [2.24, 2.45) is 5.73 Å². The number of pyridine rings is 1. The molecule has 0 unspecified atom stereocenters. The van der Waals surface area contributed by atoms with E-state index in [1.165, 1.54) is 4.70 Å². The van der Waals surface area contributed by atoms with E-state index < -0.39 is 0 Å². The molecule has 3 nitrogen and oxygen atoms in total. The Balaban J connectivity index is 0.000000963. The molecule has 82 valence electrons. The van der Waals surface area contributed by atoms with Crippen LogP contribution >= 0.6 is 23.7 Å². The molecule has 0 aliphatic carbocycles. The summed E-state index contributed by atoms with van der Waals surface area (Å²) in [6.45, 7) is 0.494. The largest absolute Gasteiger partial charge is 0.325 e. The van der Waals surface area contributed by atoms with E-state index in [0.29, 0.717) is 6.54 Å². The Kier molecular flexibility index (Phi) is 3.05. The Morgan fingerprint density at radius 3 is 2.81 bits per heavy atom. The summed E-state index contributed by atoms with van der Waals surface area (Å²) in [6.07, 6.45) is 1.81. The maximum absolute atomic E-state index is 5.59. The van der Waals surface area contributed by atoms with Crippen molar-refractivity contribution in [3.05, 3.63) is 35.5 Å². The molecule has 3 aromatic rings. The first-order valence-electron chi connectivity index (χ1n) is 4.72. The minimum Gasteiger partial charge on any atom is -0.325 e. The molecular weight excluding hydrogens is 242 g/mol. The van der Waals surface area contributed by atoms with Gasteiger partial charge in [-0.2, -0.15) is 0 Å².